The Kier molecular flexibility index (Phi) is 5.17. The second-order valence-electron chi connectivity index (χ2n) is 3.97. The number of hydrogen-bond acceptors (Lipinski definition) is 2. The molecule has 0 aliphatic carbocycles. The number of benzene rings is 1. The second-order valence-corrected chi connectivity index (χ2v) is 7.46. The summed E-state index contributed by atoms with van der Waals surface area (Å²) in [5.74, 6) is 1.26. The molecule has 17 heavy (non-hydrogen) atoms. The Balaban J connectivity index is 1.96. The maximum Gasteiger partial charge on any atom is 0.252 e. The van der Waals surface area contributed by atoms with Crippen LogP contribution in [0.2, 0.25) is 0 Å². The van der Waals surface area contributed by atoms with Gasteiger partial charge in [0.1, 0.15) is 0 Å². The van der Waals surface area contributed by atoms with Crippen LogP contribution in [0.1, 0.15) is 23.2 Å². The molecule has 0 bridgehead atoms. The van der Waals surface area contributed by atoms with E-state index < -0.39 is 0 Å². The van der Waals surface area contributed by atoms with Crippen molar-refractivity contribution in [3.63, 3.8) is 0 Å². The zero-order chi connectivity index (χ0) is 12.3. The predicted octanol–water partition coefficient (Wildman–Crippen LogP) is 3.68. The van der Waals surface area contributed by atoms with Gasteiger partial charge in [0.15, 0.2) is 0 Å². The van der Waals surface area contributed by atoms with E-state index in [1.165, 1.54) is 18.6 Å². The fourth-order valence-electron chi connectivity index (χ4n) is 1.78. The van der Waals surface area contributed by atoms with Gasteiger partial charge >= 0.3 is 0 Å². The van der Waals surface area contributed by atoms with Crippen molar-refractivity contribution in [3.05, 3.63) is 31.8 Å². The third-order valence-electron chi connectivity index (χ3n) is 2.69. The van der Waals surface area contributed by atoms with E-state index in [9.17, 15) is 4.79 Å². The number of halogens is 2. The Morgan fingerprint density at radius 1 is 1.59 bits per heavy atom. The molecule has 1 aliphatic rings. The van der Waals surface area contributed by atoms with Gasteiger partial charge in [-0.1, -0.05) is 15.9 Å². The molecule has 0 radical (unpaired) electrons. The molecule has 5 heteroatoms. The molecule has 1 fully saturated rings. The van der Waals surface area contributed by atoms with Crippen LogP contribution in [0.5, 0.6) is 0 Å². The summed E-state index contributed by atoms with van der Waals surface area (Å²) in [6.07, 6.45) is 2.50. The van der Waals surface area contributed by atoms with Gasteiger partial charge in [0.05, 0.1) is 5.56 Å². The minimum Gasteiger partial charge on any atom is -0.351 e. The van der Waals surface area contributed by atoms with Gasteiger partial charge in [-0.25, -0.2) is 0 Å². The van der Waals surface area contributed by atoms with E-state index in [1.807, 2.05) is 30.0 Å². The van der Waals surface area contributed by atoms with Crippen LogP contribution >= 0.6 is 50.3 Å². The molecule has 1 unspecified atom stereocenters. The van der Waals surface area contributed by atoms with Crippen molar-refractivity contribution < 1.29 is 4.79 Å². The zero-order valence-corrected chi connectivity index (χ0v) is 13.8. The topological polar surface area (TPSA) is 29.1 Å². The average Bonchev–Trinajstić information content (AvgIpc) is 2.82. The first kappa shape index (κ1) is 13.7. The lowest BCUT2D eigenvalue weighted by atomic mass is 10.2. The molecule has 1 atom stereocenters. The first-order valence-corrected chi connectivity index (χ1v) is 8.44. The highest BCUT2D eigenvalue weighted by molar-refractivity contribution is 14.1. The van der Waals surface area contributed by atoms with Crippen LogP contribution in [0.25, 0.3) is 0 Å². The molecular weight excluding hydrogens is 413 g/mol. The summed E-state index contributed by atoms with van der Waals surface area (Å²) in [5, 5.41) is 3.62. The zero-order valence-electron chi connectivity index (χ0n) is 9.21. The van der Waals surface area contributed by atoms with Crippen molar-refractivity contribution in [2.45, 2.75) is 18.1 Å². The van der Waals surface area contributed by atoms with E-state index in [4.69, 9.17) is 0 Å². The minimum absolute atomic E-state index is 0.0307. The van der Waals surface area contributed by atoms with Crippen molar-refractivity contribution in [1.82, 2.24) is 5.32 Å². The summed E-state index contributed by atoms with van der Waals surface area (Å²) in [4.78, 5) is 12.0. The molecule has 0 saturated carbocycles. The van der Waals surface area contributed by atoms with Gasteiger partial charge in [0.25, 0.3) is 5.91 Å². The first-order chi connectivity index (χ1) is 8.16. The standard InChI is InChI=1S/C12H13BrINOS/c13-8-3-4-11(14)10(6-8)12(16)15-7-9-2-1-5-17-9/h3-4,6,9H,1-2,5,7H2,(H,15,16). The molecule has 1 amide bonds. The summed E-state index contributed by atoms with van der Waals surface area (Å²) in [5.41, 5.74) is 0.753. The highest BCUT2D eigenvalue weighted by atomic mass is 127. The number of nitrogens with one attached hydrogen (secondary N) is 1. The van der Waals surface area contributed by atoms with Gasteiger partial charge in [-0.05, 0) is 59.4 Å². The van der Waals surface area contributed by atoms with Gasteiger partial charge in [-0.3, -0.25) is 4.79 Å². The van der Waals surface area contributed by atoms with Gasteiger partial charge in [-0.15, -0.1) is 0 Å². The van der Waals surface area contributed by atoms with Gasteiger partial charge in [0, 0.05) is 19.8 Å². The van der Waals surface area contributed by atoms with Crippen LogP contribution in [0.15, 0.2) is 22.7 Å². The predicted molar refractivity (Wildman–Crippen MR) is 84.7 cm³/mol. The van der Waals surface area contributed by atoms with E-state index in [1.54, 1.807) is 0 Å². The molecule has 92 valence electrons. The van der Waals surface area contributed by atoms with Crippen molar-refractivity contribution in [1.29, 1.82) is 0 Å². The molecule has 0 spiro atoms. The van der Waals surface area contributed by atoms with Crippen LogP contribution in [0.4, 0.5) is 0 Å². The summed E-state index contributed by atoms with van der Waals surface area (Å²) < 4.78 is 1.93. The molecule has 1 aliphatic heterocycles. The molecule has 1 aromatic rings. The smallest absolute Gasteiger partial charge is 0.252 e. The lowest BCUT2D eigenvalue weighted by Crippen LogP contribution is -2.30. The molecule has 0 aromatic heterocycles. The van der Waals surface area contributed by atoms with E-state index >= 15 is 0 Å². The number of carbonyl (C=O) groups is 1. The largest absolute Gasteiger partial charge is 0.351 e. The molecular formula is C12H13BrINOS. The minimum atomic E-state index is 0.0307. The number of rotatable bonds is 3. The van der Waals surface area contributed by atoms with Gasteiger partial charge in [0.2, 0.25) is 0 Å². The van der Waals surface area contributed by atoms with Crippen molar-refractivity contribution >= 4 is 56.2 Å². The van der Waals surface area contributed by atoms with Crippen molar-refractivity contribution in [3.8, 4) is 0 Å². The number of thioether (sulfide) groups is 1. The van der Waals surface area contributed by atoms with Crippen LogP contribution in [0, 0.1) is 3.57 Å². The molecule has 1 aromatic carbocycles. The summed E-state index contributed by atoms with van der Waals surface area (Å²) >= 11 is 7.55. The van der Waals surface area contributed by atoms with E-state index in [-0.39, 0.29) is 5.91 Å². The SMILES string of the molecule is O=C(NCC1CCCS1)c1cc(Br)ccc1I. The molecule has 1 N–H and O–H groups in total. The van der Waals surface area contributed by atoms with E-state index in [0.717, 1.165) is 20.2 Å². The molecule has 2 rings (SSSR count). The lowest BCUT2D eigenvalue weighted by molar-refractivity contribution is 0.0952. The summed E-state index contributed by atoms with van der Waals surface area (Å²) in [6.45, 7) is 0.784. The Hall–Kier alpha value is 0.250. The van der Waals surface area contributed by atoms with Crippen LogP contribution in [0.3, 0.4) is 0 Å². The first-order valence-electron chi connectivity index (χ1n) is 5.51. The number of carbonyl (C=O) groups excluding carboxylic acids is 1. The third-order valence-corrected chi connectivity index (χ3v) is 5.52. The Labute approximate surface area is 128 Å². The summed E-state index contributed by atoms with van der Waals surface area (Å²) in [6, 6.07) is 5.77. The van der Waals surface area contributed by atoms with E-state index in [0.29, 0.717) is 5.25 Å². The number of hydrogen-bond donors (Lipinski definition) is 1. The quantitative estimate of drug-likeness (QED) is 0.748. The maximum absolute atomic E-state index is 12.0. The lowest BCUT2D eigenvalue weighted by Gasteiger charge is -2.11. The molecule has 2 nitrogen and oxygen atoms in total. The fourth-order valence-corrected chi connectivity index (χ4v) is 3.92. The Morgan fingerprint density at radius 2 is 2.41 bits per heavy atom. The normalized spacial score (nSPS) is 19.3. The monoisotopic (exact) mass is 425 g/mol. The van der Waals surface area contributed by atoms with Crippen LogP contribution in [-0.2, 0) is 0 Å². The maximum atomic E-state index is 12.0. The van der Waals surface area contributed by atoms with Crippen LogP contribution < -0.4 is 5.32 Å². The Bertz CT molecular complexity index is 421. The van der Waals surface area contributed by atoms with Crippen molar-refractivity contribution in [2.75, 3.05) is 12.3 Å². The van der Waals surface area contributed by atoms with Gasteiger partial charge < -0.3 is 5.32 Å². The van der Waals surface area contributed by atoms with E-state index in [2.05, 4.69) is 43.8 Å². The Morgan fingerprint density at radius 3 is 3.12 bits per heavy atom. The molecule has 1 saturated heterocycles. The highest BCUT2D eigenvalue weighted by Crippen LogP contribution is 2.25. The van der Waals surface area contributed by atoms with Gasteiger partial charge in [-0.2, -0.15) is 11.8 Å². The second kappa shape index (κ2) is 6.43. The highest BCUT2D eigenvalue weighted by Gasteiger charge is 2.17. The molecule has 1 heterocycles. The summed E-state index contributed by atoms with van der Waals surface area (Å²) in [7, 11) is 0. The number of amides is 1. The van der Waals surface area contributed by atoms with Crippen LogP contribution in [-0.4, -0.2) is 23.5 Å². The van der Waals surface area contributed by atoms with Crippen molar-refractivity contribution in [2.24, 2.45) is 0 Å². The third kappa shape index (κ3) is 3.86. The average molecular weight is 426 g/mol. The fraction of sp³-hybridized carbons (Fsp3) is 0.417.